The zero-order chi connectivity index (χ0) is 15.5. The molecule has 0 N–H and O–H groups in total. The molecule has 6 heteroatoms. The van der Waals surface area contributed by atoms with Crippen molar-refractivity contribution < 1.29 is 0 Å². The first-order valence-corrected chi connectivity index (χ1v) is 8.24. The van der Waals surface area contributed by atoms with Gasteiger partial charge in [-0.05, 0) is 53.1 Å². The first kappa shape index (κ1) is 15.1. The normalized spacial score (nSPS) is 10.9. The van der Waals surface area contributed by atoms with Crippen molar-refractivity contribution in [1.82, 2.24) is 20.2 Å². The van der Waals surface area contributed by atoms with Gasteiger partial charge in [0.15, 0.2) is 0 Å². The number of rotatable bonds is 4. The molecule has 1 heterocycles. The standard InChI is InChI=1S/C16H15ClN4S/c1-11-4-3-5-12(2)15(11)21-16(18-19-20-21)22-10-13-6-8-14(17)9-7-13/h3-9H,10H2,1-2H3. The summed E-state index contributed by atoms with van der Waals surface area (Å²) in [7, 11) is 0. The van der Waals surface area contributed by atoms with Crippen LogP contribution >= 0.6 is 23.4 Å². The van der Waals surface area contributed by atoms with E-state index in [2.05, 4.69) is 41.5 Å². The Labute approximate surface area is 138 Å². The summed E-state index contributed by atoms with van der Waals surface area (Å²) in [6.45, 7) is 4.13. The van der Waals surface area contributed by atoms with Crippen LogP contribution in [0.25, 0.3) is 5.69 Å². The van der Waals surface area contributed by atoms with Gasteiger partial charge in [0, 0.05) is 10.8 Å². The second-order valence-electron chi connectivity index (χ2n) is 5.03. The molecule has 0 bridgehead atoms. The maximum Gasteiger partial charge on any atom is 0.214 e. The quantitative estimate of drug-likeness (QED) is 0.672. The van der Waals surface area contributed by atoms with E-state index in [4.69, 9.17) is 11.6 Å². The Hall–Kier alpha value is -1.85. The van der Waals surface area contributed by atoms with E-state index in [1.54, 1.807) is 11.8 Å². The highest BCUT2D eigenvalue weighted by Crippen LogP contribution is 2.26. The summed E-state index contributed by atoms with van der Waals surface area (Å²) in [6.07, 6.45) is 0. The number of benzene rings is 2. The van der Waals surface area contributed by atoms with Crippen molar-refractivity contribution in [2.45, 2.75) is 24.8 Å². The van der Waals surface area contributed by atoms with Crippen LogP contribution in [0.2, 0.25) is 5.02 Å². The zero-order valence-electron chi connectivity index (χ0n) is 12.3. The van der Waals surface area contributed by atoms with Crippen LogP contribution in [0.1, 0.15) is 16.7 Å². The van der Waals surface area contributed by atoms with Crippen molar-refractivity contribution in [3.05, 3.63) is 64.2 Å². The number of halogens is 1. The minimum atomic E-state index is 0.745. The largest absolute Gasteiger partial charge is 0.214 e. The summed E-state index contributed by atoms with van der Waals surface area (Å²) >= 11 is 7.52. The van der Waals surface area contributed by atoms with Crippen molar-refractivity contribution >= 4 is 23.4 Å². The molecule has 0 unspecified atom stereocenters. The summed E-state index contributed by atoms with van der Waals surface area (Å²) in [5.74, 6) is 0.794. The highest BCUT2D eigenvalue weighted by atomic mass is 35.5. The molecule has 0 aliphatic rings. The maximum absolute atomic E-state index is 5.91. The number of aromatic nitrogens is 4. The van der Waals surface area contributed by atoms with Gasteiger partial charge in [0.25, 0.3) is 0 Å². The fourth-order valence-electron chi connectivity index (χ4n) is 2.28. The molecular formula is C16H15ClN4S. The minimum absolute atomic E-state index is 0.745. The van der Waals surface area contributed by atoms with Gasteiger partial charge in [-0.3, -0.25) is 0 Å². The molecule has 3 aromatic rings. The van der Waals surface area contributed by atoms with Crippen LogP contribution < -0.4 is 0 Å². The summed E-state index contributed by atoms with van der Waals surface area (Å²) in [4.78, 5) is 0. The predicted molar refractivity (Wildman–Crippen MR) is 89.6 cm³/mol. The van der Waals surface area contributed by atoms with Gasteiger partial charge in [-0.25, -0.2) is 0 Å². The number of thioether (sulfide) groups is 1. The summed E-state index contributed by atoms with van der Waals surface area (Å²) in [6, 6.07) is 14.0. The average molecular weight is 331 g/mol. The zero-order valence-corrected chi connectivity index (χ0v) is 13.9. The lowest BCUT2D eigenvalue weighted by Crippen LogP contribution is -2.04. The Kier molecular flexibility index (Phi) is 4.45. The van der Waals surface area contributed by atoms with Crippen molar-refractivity contribution in [2.24, 2.45) is 0 Å². The third-order valence-corrected chi connectivity index (χ3v) is 4.62. The molecule has 0 atom stereocenters. The van der Waals surface area contributed by atoms with Gasteiger partial charge in [0.05, 0.1) is 5.69 Å². The van der Waals surface area contributed by atoms with E-state index in [1.807, 2.05) is 35.0 Å². The molecule has 0 aliphatic carbocycles. The van der Waals surface area contributed by atoms with E-state index in [1.165, 1.54) is 5.56 Å². The van der Waals surface area contributed by atoms with Crippen LogP contribution in [-0.4, -0.2) is 20.2 Å². The monoisotopic (exact) mass is 330 g/mol. The molecule has 4 nitrogen and oxygen atoms in total. The van der Waals surface area contributed by atoms with Crippen molar-refractivity contribution in [3.8, 4) is 5.69 Å². The molecule has 0 fully saturated rings. The van der Waals surface area contributed by atoms with E-state index in [-0.39, 0.29) is 0 Å². The molecule has 3 rings (SSSR count). The van der Waals surface area contributed by atoms with Gasteiger partial charge in [0.1, 0.15) is 0 Å². The van der Waals surface area contributed by atoms with Crippen LogP contribution in [0.15, 0.2) is 47.6 Å². The van der Waals surface area contributed by atoms with Crippen LogP contribution in [-0.2, 0) is 5.75 Å². The smallest absolute Gasteiger partial charge is 0.187 e. The molecule has 0 aliphatic heterocycles. The third-order valence-electron chi connectivity index (χ3n) is 3.37. The molecule has 0 radical (unpaired) electrons. The summed E-state index contributed by atoms with van der Waals surface area (Å²) < 4.78 is 1.81. The summed E-state index contributed by atoms with van der Waals surface area (Å²) in [5.41, 5.74) is 4.54. The van der Waals surface area contributed by atoms with Crippen LogP contribution in [0.4, 0.5) is 0 Å². The number of para-hydroxylation sites is 1. The van der Waals surface area contributed by atoms with Gasteiger partial charge < -0.3 is 0 Å². The van der Waals surface area contributed by atoms with E-state index >= 15 is 0 Å². The molecule has 0 spiro atoms. The van der Waals surface area contributed by atoms with Crippen molar-refractivity contribution in [2.75, 3.05) is 0 Å². The van der Waals surface area contributed by atoms with Crippen molar-refractivity contribution in [1.29, 1.82) is 0 Å². The molecule has 2 aromatic carbocycles. The first-order chi connectivity index (χ1) is 10.6. The van der Waals surface area contributed by atoms with Crippen LogP contribution in [0.3, 0.4) is 0 Å². The van der Waals surface area contributed by atoms with Crippen LogP contribution in [0.5, 0.6) is 0 Å². The first-order valence-electron chi connectivity index (χ1n) is 6.87. The number of tetrazole rings is 1. The lowest BCUT2D eigenvalue weighted by molar-refractivity contribution is 0.747. The lowest BCUT2D eigenvalue weighted by Gasteiger charge is -2.10. The molecule has 1 aromatic heterocycles. The number of aryl methyl sites for hydroxylation is 2. The Morgan fingerprint density at radius 3 is 2.41 bits per heavy atom. The maximum atomic E-state index is 5.91. The minimum Gasteiger partial charge on any atom is -0.187 e. The summed E-state index contributed by atoms with van der Waals surface area (Å²) in [5, 5.41) is 13.7. The number of nitrogens with zero attached hydrogens (tertiary/aromatic N) is 4. The fourth-order valence-corrected chi connectivity index (χ4v) is 3.24. The van der Waals surface area contributed by atoms with Gasteiger partial charge in [-0.2, -0.15) is 4.68 Å². The SMILES string of the molecule is Cc1cccc(C)c1-n1nnnc1SCc1ccc(Cl)cc1. The second kappa shape index (κ2) is 6.50. The highest BCUT2D eigenvalue weighted by Gasteiger charge is 2.13. The predicted octanol–water partition coefficient (Wildman–Crippen LogP) is 4.22. The fraction of sp³-hybridized carbons (Fsp3) is 0.188. The highest BCUT2D eigenvalue weighted by molar-refractivity contribution is 7.98. The Balaban J connectivity index is 1.85. The van der Waals surface area contributed by atoms with E-state index in [9.17, 15) is 0 Å². The Bertz CT molecular complexity index is 763. The molecule has 112 valence electrons. The number of hydrogen-bond donors (Lipinski definition) is 0. The Morgan fingerprint density at radius 2 is 1.73 bits per heavy atom. The third kappa shape index (κ3) is 3.15. The van der Waals surface area contributed by atoms with Crippen molar-refractivity contribution in [3.63, 3.8) is 0 Å². The van der Waals surface area contributed by atoms with Gasteiger partial charge in [-0.15, -0.1) is 5.10 Å². The molecule has 22 heavy (non-hydrogen) atoms. The molecule has 0 saturated carbocycles. The van der Waals surface area contributed by atoms with E-state index in [0.717, 1.165) is 32.7 Å². The molecular weight excluding hydrogens is 316 g/mol. The molecule has 0 amide bonds. The second-order valence-corrected chi connectivity index (χ2v) is 6.41. The van der Waals surface area contributed by atoms with E-state index < -0.39 is 0 Å². The Morgan fingerprint density at radius 1 is 1.05 bits per heavy atom. The van der Waals surface area contributed by atoms with Gasteiger partial charge in [0.2, 0.25) is 5.16 Å². The van der Waals surface area contributed by atoms with E-state index in [0.29, 0.717) is 0 Å². The van der Waals surface area contributed by atoms with Gasteiger partial charge in [-0.1, -0.05) is 53.7 Å². The average Bonchev–Trinajstić information content (AvgIpc) is 2.95. The number of hydrogen-bond acceptors (Lipinski definition) is 4. The molecule has 0 saturated heterocycles. The van der Waals surface area contributed by atoms with Gasteiger partial charge >= 0.3 is 0 Å². The topological polar surface area (TPSA) is 43.6 Å². The van der Waals surface area contributed by atoms with Crippen LogP contribution in [0, 0.1) is 13.8 Å². The lowest BCUT2D eigenvalue weighted by atomic mass is 10.1.